The second-order valence-corrected chi connectivity index (χ2v) is 2.38. The summed E-state index contributed by atoms with van der Waals surface area (Å²) in [6.07, 6.45) is 0. The Morgan fingerprint density at radius 3 is 2.55 bits per heavy atom. The Bertz CT molecular complexity index is 326. The highest BCUT2D eigenvalue weighted by Crippen LogP contribution is 2.07. The van der Waals surface area contributed by atoms with E-state index in [1.54, 1.807) is 12.1 Å². The van der Waals surface area contributed by atoms with Crippen LogP contribution in [0.3, 0.4) is 0 Å². The van der Waals surface area contributed by atoms with E-state index in [1.807, 2.05) is 6.92 Å². The van der Waals surface area contributed by atoms with Crippen LogP contribution in [0.1, 0.15) is 15.2 Å². The molecule has 1 aromatic rings. The second kappa shape index (κ2) is 3.19. The monoisotopic (exact) mass is 151 g/mol. The van der Waals surface area contributed by atoms with Gasteiger partial charge in [-0.2, -0.15) is 0 Å². The summed E-state index contributed by atoms with van der Waals surface area (Å²) in [5, 5.41) is 2.45. The van der Waals surface area contributed by atoms with Crippen LogP contribution in [-0.2, 0) is 4.79 Å². The Kier molecular flexibility index (Phi) is 1.55. The van der Waals surface area contributed by atoms with Crippen molar-refractivity contribution >= 4 is 11.6 Å². The van der Waals surface area contributed by atoms with Crippen LogP contribution in [0.15, 0.2) is 24.2 Å². The number of hydrogen-bond acceptors (Lipinski definition) is 1. The van der Waals surface area contributed by atoms with Gasteiger partial charge >= 0.3 is 0 Å². The summed E-state index contributed by atoms with van der Waals surface area (Å²) in [5.41, 5.74) is 1.13. The quantitative estimate of drug-likeness (QED) is 0.653. The average molecular weight is 151 g/mol. The topological polar surface area (TPSA) is 29.1 Å². The van der Waals surface area contributed by atoms with E-state index in [-0.39, 0.29) is 23.7 Å². The predicted molar refractivity (Wildman–Crippen MR) is 45.5 cm³/mol. The predicted octanol–water partition coefficient (Wildman–Crippen LogP) is 1.95. The second-order valence-electron chi connectivity index (χ2n) is 2.38. The molecule has 0 aliphatic heterocycles. The fourth-order valence-electron chi connectivity index (χ4n) is 0.704. The van der Waals surface area contributed by atoms with E-state index in [9.17, 15) is 4.79 Å². The highest BCUT2D eigenvalue weighted by molar-refractivity contribution is 5.88. The highest BCUT2D eigenvalue weighted by atomic mass is 16.1. The van der Waals surface area contributed by atoms with E-state index in [2.05, 4.69) is 5.32 Å². The third-order valence-corrected chi connectivity index (χ3v) is 1.19. The van der Waals surface area contributed by atoms with E-state index in [1.165, 1.54) is 6.92 Å². The molecule has 0 fully saturated rings. The molecule has 11 heavy (non-hydrogen) atoms. The van der Waals surface area contributed by atoms with Crippen molar-refractivity contribution in [3.8, 4) is 0 Å². The molecule has 0 saturated carbocycles. The third kappa shape index (κ3) is 2.42. The fraction of sp³-hybridized carbons (Fsp3) is 0.222. The lowest BCUT2D eigenvalue weighted by molar-refractivity contribution is -0.114. The molecular formula is C9H11NO. The first kappa shape index (κ1) is 5.35. The number of carbonyl (C=O) groups excluding carboxylic acids is 1. The van der Waals surface area contributed by atoms with Crippen LogP contribution in [0, 0.1) is 6.92 Å². The molecule has 0 bridgehead atoms. The molecule has 0 heterocycles. The zero-order valence-corrected chi connectivity index (χ0v) is 6.56. The highest BCUT2D eigenvalue weighted by Gasteiger charge is 1.92. The van der Waals surface area contributed by atoms with Gasteiger partial charge in [0.05, 0.1) is 2.74 Å². The van der Waals surface area contributed by atoms with Gasteiger partial charge in [-0.25, -0.2) is 0 Å². The van der Waals surface area contributed by atoms with Gasteiger partial charge in [0.2, 0.25) is 5.91 Å². The summed E-state index contributed by atoms with van der Waals surface area (Å²) >= 11 is 0. The van der Waals surface area contributed by atoms with Crippen molar-refractivity contribution in [1.82, 2.24) is 0 Å². The fourth-order valence-corrected chi connectivity index (χ4v) is 0.704. The maximum absolute atomic E-state index is 10.7. The van der Waals surface area contributed by atoms with Crippen LogP contribution in [0.2, 0.25) is 0 Å². The molecule has 0 aliphatic rings. The largest absolute Gasteiger partial charge is 0.326 e. The van der Waals surface area contributed by atoms with E-state index >= 15 is 0 Å². The average Bonchev–Trinajstić information content (AvgIpc) is 1.96. The van der Waals surface area contributed by atoms with Crippen molar-refractivity contribution in [1.29, 1.82) is 0 Å². The summed E-state index contributed by atoms with van der Waals surface area (Å²) < 4.78 is 15.0. The molecule has 1 rings (SSSR count). The number of hydrogen-bond donors (Lipinski definition) is 1. The van der Waals surface area contributed by atoms with E-state index in [4.69, 9.17) is 2.74 Å². The minimum absolute atomic E-state index is 0.181. The molecular weight excluding hydrogens is 138 g/mol. The van der Waals surface area contributed by atoms with Crippen molar-refractivity contribution in [2.45, 2.75) is 13.8 Å². The van der Waals surface area contributed by atoms with Gasteiger partial charge in [0.25, 0.3) is 0 Å². The SMILES string of the molecule is [2H]c1cc(C)cc([2H])c1NC(C)=O. The molecule has 2 heteroatoms. The van der Waals surface area contributed by atoms with Crippen molar-refractivity contribution < 1.29 is 7.54 Å². The number of carbonyl (C=O) groups is 1. The number of anilines is 1. The molecule has 0 aliphatic carbocycles. The number of amides is 1. The summed E-state index contributed by atoms with van der Waals surface area (Å²) in [5.74, 6) is -0.258. The standard InChI is InChI=1S/C9H11NO/c1-7-3-5-9(6-4-7)10-8(2)11/h3-6H,1-2H3,(H,10,11)/i5D,6D. The van der Waals surface area contributed by atoms with Crippen molar-refractivity contribution in [3.63, 3.8) is 0 Å². The molecule has 1 amide bonds. The molecule has 0 unspecified atom stereocenters. The van der Waals surface area contributed by atoms with Crippen LogP contribution in [0.5, 0.6) is 0 Å². The van der Waals surface area contributed by atoms with Crippen LogP contribution < -0.4 is 5.32 Å². The molecule has 0 radical (unpaired) electrons. The normalized spacial score (nSPS) is 11.8. The van der Waals surface area contributed by atoms with Gasteiger partial charge in [0.15, 0.2) is 0 Å². The van der Waals surface area contributed by atoms with Crippen LogP contribution in [0.25, 0.3) is 0 Å². The molecule has 2 nitrogen and oxygen atoms in total. The van der Waals surface area contributed by atoms with E-state index in [0.29, 0.717) is 0 Å². The van der Waals surface area contributed by atoms with Gasteiger partial charge < -0.3 is 5.32 Å². The van der Waals surface area contributed by atoms with Crippen LogP contribution in [-0.4, -0.2) is 5.91 Å². The number of nitrogens with one attached hydrogen (secondary N) is 1. The summed E-state index contributed by atoms with van der Waals surface area (Å²) in [6.45, 7) is 3.17. The maximum atomic E-state index is 10.7. The van der Waals surface area contributed by atoms with Gasteiger partial charge in [-0.1, -0.05) is 17.7 Å². The van der Waals surface area contributed by atoms with Gasteiger partial charge in [-0.05, 0) is 19.0 Å². The Morgan fingerprint density at radius 1 is 1.55 bits per heavy atom. The summed E-state index contributed by atoms with van der Waals surface area (Å²) in [6, 6.07) is 3.59. The first-order chi connectivity index (χ1) is 6.00. The number of benzene rings is 1. The summed E-state index contributed by atoms with van der Waals surface area (Å²) in [7, 11) is 0. The van der Waals surface area contributed by atoms with E-state index in [0.717, 1.165) is 5.56 Å². The summed E-state index contributed by atoms with van der Waals surface area (Å²) in [4.78, 5) is 10.7. The minimum Gasteiger partial charge on any atom is -0.326 e. The Balaban J connectivity index is 3.13. The van der Waals surface area contributed by atoms with Gasteiger partial charge in [0.1, 0.15) is 0 Å². The lowest BCUT2D eigenvalue weighted by Gasteiger charge is -2.00. The number of rotatable bonds is 1. The van der Waals surface area contributed by atoms with Gasteiger partial charge in [0, 0.05) is 12.6 Å². The molecule has 1 N–H and O–H groups in total. The van der Waals surface area contributed by atoms with Gasteiger partial charge in [-0.3, -0.25) is 4.79 Å². The molecule has 0 aromatic heterocycles. The zero-order chi connectivity index (χ0) is 10.0. The third-order valence-electron chi connectivity index (χ3n) is 1.19. The van der Waals surface area contributed by atoms with Gasteiger partial charge in [-0.15, -0.1) is 0 Å². The van der Waals surface area contributed by atoms with E-state index < -0.39 is 0 Å². The lowest BCUT2D eigenvalue weighted by Crippen LogP contribution is -2.05. The van der Waals surface area contributed by atoms with Crippen LogP contribution in [0.4, 0.5) is 5.69 Å². The first-order valence-corrected chi connectivity index (χ1v) is 3.36. The van der Waals surface area contributed by atoms with Crippen molar-refractivity contribution in [2.24, 2.45) is 0 Å². The smallest absolute Gasteiger partial charge is 0.221 e. The Morgan fingerprint density at radius 2 is 2.09 bits per heavy atom. The lowest BCUT2D eigenvalue weighted by atomic mass is 10.2. The number of aryl methyl sites for hydroxylation is 1. The van der Waals surface area contributed by atoms with Crippen molar-refractivity contribution in [2.75, 3.05) is 5.32 Å². The molecule has 0 saturated heterocycles. The molecule has 58 valence electrons. The molecule has 0 atom stereocenters. The zero-order valence-electron chi connectivity index (χ0n) is 8.56. The van der Waals surface area contributed by atoms with Crippen molar-refractivity contribution in [3.05, 3.63) is 29.8 Å². The van der Waals surface area contributed by atoms with Crippen LogP contribution >= 0.6 is 0 Å². The minimum atomic E-state index is -0.258. The Labute approximate surface area is 69.0 Å². The Hall–Kier alpha value is -1.31. The first-order valence-electron chi connectivity index (χ1n) is 4.36. The molecule has 0 spiro atoms. The molecule has 1 aromatic carbocycles. The maximum Gasteiger partial charge on any atom is 0.221 e.